The van der Waals surface area contributed by atoms with E-state index in [4.69, 9.17) is 4.74 Å². The van der Waals surface area contributed by atoms with Gasteiger partial charge in [-0.25, -0.2) is 9.79 Å². The summed E-state index contributed by atoms with van der Waals surface area (Å²) in [6, 6.07) is 10.2. The summed E-state index contributed by atoms with van der Waals surface area (Å²) in [6.45, 7) is 7.34. The van der Waals surface area contributed by atoms with Gasteiger partial charge in [-0.1, -0.05) is 18.2 Å². The minimum atomic E-state index is -0.511. The highest BCUT2D eigenvalue weighted by molar-refractivity contribution is 7.99. The summed E-state index contributed by atoms with van der Waals surface area (Å²) >= 11 is 1.75. The van der Waals surface area contributed by atoms with E-state index in [0.29, 0.717) is 32.0 Å². The van der Waals surface area contributed by atoms with Crippen LogP contribution >= 0.6 is 11.8 Å². The van der Waals surface area contributed by atoms with E-state index < -0.39 is 11.7 Å². The number of alkyl carbamates (subject to hydrolysis) is 1. The molecule has 1 aromatic carbocycles. The van der Waals surface area contributed by atoms with Crippen molar-refractivity contribution in [3.63, 3.8) is 0 Å². The van der Waals surface area contributed by atoms with E-state index in [-0.39, 0.29) is 12.5 Å². The van der Waals surface area contributed by atoms with Crippen LogP contribution in [0.2, 0.25) is 0 Å². The summed E-state index contributed by atoms with van der Waals surface area (Å²) in [5.41, 5.74) is -0.511. The topological polar surface area (TPSA) is 95.1 Å². The Morgan fingerprint density at radius 2 is 1.67 bits per heavy atom. The third kappa shape index (κ3) is 12.9. The molecule has 0 atom stereocenters. The molecule has 0 saturated heterocycles. The lowest BCUT2D eigenvalue weighted by atomic mass is 10.2. The Morgan fingerprint density at radius 3 is 2.30 bits per heavy atom. The summed E-state index contributed by atoms with van der Waals surface area (Å²) in [5.74, 6) is 1.38. The smallest absolute Gasteiger partial charge is 0.407 e. The number of amides is 2. The largest absolute Gasteiger partial charge is 0.444 e. The number of thioether (sulfide) groups is 1. The molecular formula is C21H35N5O3S. The number of carbonyl (C=O) groups is 2. The predicted octanol–water partition coefficient (Wildman–Crippen LogP) is 2.32. The van der Waals surface area contributed by atoms with E-state index in [2.05, 4.69) is 33.1 Å². The first-order valence-corrected chi connectivity index (χ1v) is 11.0. The Morgan fingerprint density at radius 1 is 1.03 bits per heavy atom. The van der Waals surface area contributed by atoms with Gasteiger partial charge in [0, 0.05) is 44.4 Å². The molecule has 0 spiro atoms. The normalized spacial score (nSPS) is 11.6. The molecule has 0 unspecified atom stereocenters. The fourth-order valence-corrected chi connectivity index (χ4v) is 2.91. The van der Waals surface area contributed by atoms with Crippen LogP contribution in [-0.2, 0) is 9.53 Å². The van der Waals surface area contributed by atoms with Crippen molar-refractivity contribution in [2.45, 2.75) is 37.7 Å². The number of nitrogens with one attached hydrogen (secondary N) is 3. The molecule has 8 nitrogen and oxygen atoms in total. The third-order valence-corrected chi connectivity index (χ3v) is 4.61. The number of ether oxygens (including phenoxy) is 1. The highest BCUT2D eigenvalue weighted by Crippen LogP contribution is 2.15. The van der Waals surface area contributed by atoms with Gasteiger partial charge in [0.2, 0.25) is 5.91 Å². The van der Waals surface area contributed by atoms with Crippen molar-refractivity contribution in [2.75, 3.05) is 46.0 Å². The molecule has 1 aromatic rings. The van der Waals surface area contributed by atoms with Gasteiger partial charge >= 0.3 is 6.09 Å². The summed E-state index contributed by atoms with van der Waals surface area (Å²) in [7, 11) is 3.41. The van der Waals surface area contributed by atoms with Gasteiger partial charge < -0.3 is 25.6 Å². The molecule has 0 aliphatic heterocycles. The van der Waals surface area contributed by atoms with Gasteiger partial charge in [0.15, 0.2) is 5.96 Å². The quantitative estimate of drug-likeness (QED) is 0.225. The highest BCUT2D eigenvalue weighted by Gasteiger charge is 2.15. The van der Waals surface area contributed by atoms with Crippen LogP contribution in [0.5, 0.6) is 0 Å². The number of aliphatic imine (C=N–C) groups is 1. The molecule has 0 aromatic heterocycles. The van der Waals surface area contributed by atoms with Crippen LogP contribution in [0.25, 0.3) is 0 Å². The Kier molecular flexibility index (Phi) is 11.7. The standard InChI is InChI=1S/C21H35N5O3S/c1-21(2,3)29-20(28)24-13-9-12-22-19(25-16-18(27)26(4)5)23-14-15-30-17-10-7-6-8-11-17/h6-8,10-11H,9,12-16H2,1-5H3,(H,24,28)(H2,22,23,25). The molecule has 0 heterocycles. The maximum absolute atomic E-state index is 11.8. The van der Waals surface area contributed by atoms with Crippen LogP contribution in [0.4, 0.5) is 4.79 Å². The fraction of sp³-hybridized carbons (Fsp3) is 0.571. The van der Waals surface area contributed by atoms with Gasteiger partial charge in [-0.3, -0.25) is 4.79 Å². The molecule has 9 heteroatoms. The van der Waals surface area contributed by atoms with Crippen molar-refractivity contribution in [2.24, 2.45) is 4.99 Å². The Labute approximate surface area is 184 Å². The van der Waals surface area contributed by atoms with Crippen molar-refractivity contribution < 1.29 is 14.3 Å². The minimum absolute atomic E-state index is 0.0682. The van der Waals surface area contributed by atoms with Crippen LogP contribution in [0.3, 0.4) is 0 Å². The molecule has 0 saturated carbocycles. The Hall–Kier alpha value is -2.42. The second-order valence-corrected chi connectivity index (χ2v) is 8.92. The number of likely N-dealkylation sites (N-methyl/N-ethyl adjacent to an activating group) is 1. The number of carbonyl (C=O) groups excluding carboxylic acids is 2. The maximum atomic E-state index is 11.8. The third-order valence-electron chi connectivity index (χ3n) is 3.59. The summed E-state index contributed by atoms with van der Waals surface area (Å²) in [4.78, 5) is 30.6. The first-order chi connectivity index (χ1) is 14.2. The van der Waals surface area contributed by atoms with Gasteiger partial charge in [-0.05, 0) is 39.3 Å². The number of benzene rings is 1. The SMILES string of the molecule is CN(C)C(=O)CN=C(NCCCNC(=O)OC(C)(C)C)NCCSc1ccccc1. The summed E-state index contributed by atoms with van der Waals surface area (Å²) < 4.78 is 5.20. The zero-order valence-corrected chi connectivity index (χ0v) is 19.5. The number of guanidine groups is 1. The Balaban J connectivity index is 2.38. The van der Waals surface area contributed by atoms with Gasteiger partial charge in [0.1, 0.15) is 12.1 Å². The molecule has 0 aliphatic carbocycles. The lowest BCUT2D eigenvalue weighted by Crippen LogP contribution is -2.41. The molecule has 30 heavy (non-hydrogen) atoms. The van der Waals surface area contributed by atoms with Crippen LogP contribution in [0, 0.1) is 0 Å². The number of hydrogen-bond acceptors (Lipinski definition) is 5. The maximum Gasteiger partial charge on any atom is 0.407 e. The zero-order chi connectivity index (χ0) is 22.4. The van der Waals surface area contributed by atoms with Crippen LogP contribution in [0.1, 0.15) is 27.2 Å². The van der Waals surface area contributed by atoms with E-state index in [0.717, 1.165) is 5.75 Å². The molecule has 0 fully saturated rings. The van der Waals surface area contributed by atoms with Gasteiger partial charge in [0.05, 0.1) is 0 Å². The first kappa shape index (κ1) is 25.6. The van der Waals surface area contributed by atoms with E-state index in [1.807, 2.05) is 39.0 Å². The van der Waals surface area contributed by atoms with Crippen molar-refractivity contribution >= 4 is 29.7 Å². The molecule has 0 aliphatic rings. The Bertz CT molecular complexity index is 675. The van der Waals surface area contributed by atoms with E-state index in [9.17, 15) is 9.59 Å². The van der Waals surface area contributed by atoms with E-state index in [1.54, 1.807) is 25.9 Å². The van der Waals surface area contributed by atoms with Crippen molar-refractivity contribution in [1.82, 2.24) is 20.9 Å². The number of rotatable bonds is 10. The summed E-state index contributed by atoms with van der Waals surface area (Å²) in [6.07, 6.45) is 0.268. The van der Waals surface area contributed by atoms with Crippen LogP contribution in [0.15, 0.2) is 40.2 Å². The molecule has 3 N–H and O–H groups in total. The highest BCUT2D eigenvalue weighted by atomic mass is 32.2. The average molecular weight is 438 g/mol. The van der Waals surface area contributed by atoms with Crippen LogP contribution in [-0.4, -0.2) is 74.5 Å². The van der Waals surface area contributed by atoms with Crippen molar-refractivity contribution in [3.05, 3.63) is 30.3 Å². The monoisotopic (exact) mass is 437 g/mol. The number of nitrogens with zero attached hydrogens (tertiary/aromatic N) is 2. The summed E-state index contributed by atoms with van der Waals surface area (Å²) in [5, 5.41) is 9.17. The first-order valence-electron chi connectivity index (χ1n) is 10.0. The van der Waals surface area contributed by atoms with Gasteiger partial charge in [0.25, 0.3) is 0 Å². The molecule has 0 bridgehead atoms. The van der Waals surface area contributed by atoms with Gasteiger partial charge in [-0.2, -0.15) is 0 Å². The average Bonchev–Trinajstić information content (AvgIpc) is 2.67. The van der Waals surface area contributed by atoms with Crippen molar-refractivity contribution in [1.29, 1.82) is 0 Å². The fourth-order valence-electron chi connectivity index (χ4n) is 2.12. The molecule has 0 radical (unpaired) electrons. The predicted molar refractivity (Wildman–Crippen MR) is 123 cm³/mol. The van der Waals surface area contributed by atoms with E-state index in [1.165, 1.54) is 9.80 Å². The second kappa shape index (κ2) is 13.7. The van der Waals surface area contributed by atoms with Crippen molar-refractivity contribution in [3.8, 4) is 0 Å². The molecular weight excluding hydrogens is 402 g/mol. The molecule has 1 rings (SSSR count). The van der Waals surface area contributed by atoms with Crippen LogP contribution < -0.4 is 16.0 Å². The van der Waals surface area contributed by atoms with Gasteiger partial charge in [-0.15, -0.1) is 11.8 Å². The molecule has 2 amide bonds. The second-order valence-electron chi connectivity index (χ2n) is 7.75. The minimum Gasteiger partial charge on any atom is -0.444 e. The van der Waals surface area contributed by atoms with E-state index >= 15 is 0 Å². The lowest BCUT2D eigenvalue weighted by molar-refractivity contribution is -0.127. The number of hydrogen-bond donors (Lipinski definition) is 3. The lowest BCUT2D eigenvalue weighted by Gasteiger charge is -2.19. The zero-order valence-electron chi connectivity index (χ0n) is 18.7. The molecule has 168 valence electrons.